The van der Waals surface area contributed by atoms with Crippen molar-refractivity contribution in [1.82, 2.24) is 15.5 Å². The molecule has 1 aromatic rings. The molecule has 0 aliphatic carbocycles. The summed E-state index contributed by atoms with van der Waals surface area (Å²) in [7, 11) is 0. The van der Waals surface area contributed by atoms with Gasteiger partial charge in [-0.2, -0.15) is 0 Å². The Kier molecular flexibility index (Phi) is 6.91. The minimum atomic E-state index is -0.0160. The van der Waals surface area contributed by atoms with Gasteiger partial charge < -0.3 is 20.3 Å². The largest absolute Gasteiger partial charge is 0.379 e. The van der Waals surface area contributed by atoms with Crippen molar-refractivity contribution < 1.29 is 9.53 Å². The van der Waals surface area contributed by atoms with Gasteiger partial charge >= 0.3 is 0 Å². The predicted molar refractivity (Wildman–Crippen MR) is 113 cm³/mol. The first-order valence-electron chi connectivity index (χ1n) is 10.2. The van der Waals surface area contributed by atoms with Crippen LogP contribution >= 0.6 is 0 Å². The van der Waals surface area contributed by atoms with Crippen LogP contribution in [-0.4, -0.2) is 74.8 Å². The summed E-state index contributed by atoms with van der Waals surface area (Å²) >= 11 is 0. The Balaban J connectivity index is 1.57. The lowest BCUT2D eigenvalue weighted by Crippen LogP contribution is -2.56. The van der Waals surface area contributed by atoms with E-state index in [0.717, 1.165) is 58.0 Å². The lowest BCUT2D eigenvalue weighted by molar-refractivity contribution is -0.117. The standard InChI is InChI=1S/C21H33N5O2/c1-4-22-20(24-16-21(2,3)25-11-13-28-14-12-25)23-15-19(27)26-10-9-17-7-5-6-8-18(17)26/h5-8H,4,9-16H2,1-3H3,(H2,22,23,24). The van der Waals surface area contributed by atoms with E-state index < -0.39 is 0 Å². The summed E-state index contributed by atoms with van der Waals surface area (Å²) < 4.78 is 5.46. The maximum atomic E-state index is 12.7. The van der Waals surface area contributed by atoms with Gasteiger partial charge in [-0.3, -0.25) is 9.69 Å². The smallest absolute Gasteiger partial charge is 0.248 e. The van der Waals surface area contributed by atoms with Crippen molar-refractivity contribution in [3.05, 3.63) is 29.8 Å². The molecule has 0 radical (unpaired) electrons. The van der Waals surface area contributed by atoms with Crippen molar-refractivity contribution in [2.75, 3.05) is 57.4 Å². The van der Waals surface area contributed by atoms with Gasteiger partial charge in [-0.1, -0.05) is 18.2 Å². The zero-order valence-electron chi connectivity index (χ0n) is 17.3. The number of aliphatic imine (C=N–C) groups is 1. The van der Waals surface area contributed by atoms with Crippen LogP contribution in [0.2, 0.25) is 0 Å². The number of benzene rings is 1. The summed E-state index contributed by atoms with van der Waals surface area (Å²) in [5.74, 6) is 0.722. The molecular formula is C21H33N5O2. The van der Waals surface area contributed by atoms with Gasteiger partial charge in [-0.05, 0) is 38.8 Å². The molecule has 28 heavy (non-hydrogen) atoms. The Hall–Kier alpha value is -2.12. The lowest BCUT2D eigenvalue weighted by Gasteiger charge is -2.41. The number of anilines is 1. The fraction of sp³-hybridized carbons (Fsp3) is 0.619. The number of carbonyl (C=O) groups is 1. The quantitative estimate of drug-likeness (QED) is 0.568. The van der Waals surface area contributed by atoms with E-state index in [2.05, 4.69) is 40.4 Å². The Labute approximate surface area is 168 Å². The molecule has 2 aliphatic heterocycles. The van der Waals surface area contributed by atoms with Crippen LogP contribution in [0.3, 0.4) is 0 Å². The summed E-state index contributed by atoms with van der Waals surface area (Å²) in [6.07, 6.45) is 0.914. The SMILES string of the molecule is CCNC(=NCC(=O)N1CCc2ccccc21)NCC(C)(C)N1CCOCC1. The number of hydrogen-bond acceptors (Lipinski definition) is 4. The van der Waals surface area contributed by atoms with E-state index in [4.69, 9.17) is 4.74 Å². The molecule has 1 amide bonds. The average molecular weight is 388 g/mol. The highest BCUT2D eigenvalue weighted by Gasteiger charge is 2.28. The maximum Gasteiger partial charge on any atom is 0.248 e. The molecule has 0 atom stereocenters. The number of carbonyl (C=O) groups excluding carboxylic acids is 1. The molecule has 0 spiro atoms. The number of morpholine rings is 1. The molecule has 2 N–H and O–H groups in total. The second-order valence-electron chi connectivity index (χ2n) is 7.88. The van der Waals surface area contributed by atoms with E-state index in [0.29, 0.717) is 5.96 Å². The molecule has 0 aromatic heterocycles. The van der Waals surface area contributed by atoms with E-state index in [1.807, 2.05) is 30.0 Å². The zero-order chi connectivity index (χ0) is 20.0. The lowest BCUT2D eigenvalue weighted by atomic mass is 10.0. The molecule has 0 saturated carbocycles. The summed E-state index contributed by atoms with van der Waals surface area (Å²) in [6.45, 7) is 12.3. The van der Waals surface area contributed by atoms with Gasteiger partial charge in [0.05, 0.1) is 13.2 Å². The van der Waals surface area contributed by atoms with Crippen LogP contribution in [-0.2, 0) is 16.0 Å². The highest BCUT2D eigenvalue weighted by atomic mass is 16.5. The zero-order valence-corrected chi connectivity index (χ0v) is 17.3. The molecule has 3 rings (SSSR count). The van der Waals surface area contributed by atoms with Crippen molar-refractivity contribution in [2.45, 2.75) is 32.7 Å². The van der Waals surface area contributed by atoms with Crippen LogP contribution in [0.5, 0.6) is 0 Å². The number of rotatable bonds is 6. The summed E-state index contributed by atoms with van der Waals surface area (Å²) in [5.41, 5.74) is 2.24. The summed E-state index contributed by atoms with van der Waals surface area (Å²) in [4.78, 5) is 21.5. The van der Waals surface area contributed by atoms with E-state index in [-0.39, 0.29) is 18.0 Å². The highest BCUT2D eigenvalue weighted by Crippen LogP contribution is 2.27. The molecule has 2 aliphatic rings. The third-order valence-electron chi connectivity index (χ3n) is 5.46. The van der Waals surface area contributed by atoms with Crippen molar-refractivity contribution in [3.8, 4) is 0 Å². The second kappa shape index (κ2) is 9.39. The number of guanidine groups is 1. The number of nitrogens with zero attached hydrogens (tertiary/aromatic N) is 3. The minimum Gasteiger partial charge on any atom is -0.379 e. The third kappa shape index (κ3) is 5.02. The topological polar surface area (TPSA) is 69.2 Å². The molecule has 2 heterocycles. The van der Waals surface area contributed by atoms with Gasteiger partial charge in [-0.15, -0.1) is 0 Å². The molecule has 0 bridgehead atoms. The van der Waals surface area contributed by atoms with E-state index >= 15 is 0 Å². The van der Waals surface area contributed by atoms with Crippen LogP contribution in [0.4, 0.5) is 5.69 Å². The molecule has 1 saturated heterocycles. The Bertz CT molecular complexity index is 698. The predicted octanol–water partition coefficient (Wildman–Crippen LogP) is 1.24. The van der Waals surface area contributed by atoms with Gasteiger partial charge in [-0.25, -0.2) is 4.99 Å². The first-order chi connectivity index (χ1) is 13.5. The van der Waals surface area contributed by atoms with Crippen molar-refractivity contribution >= 4 is 17.6 Å². The van der Waals surface area contributed by atoms with E-state index in [1.165, 1.54) is 5.56 Å². The van der Waals surface area contributed by atoms with Crippen molar-refractivity contribution in [2.24, 2.45) is 4.99 Å². The molecular weight excluding hydrogens is 354 g/mol. The number of fused-ring (bicyclic) bond motifs is 1. The third-order valence-corrected chi connectivity index (χ3v) is 5.46. The second-order valence-corrected chi connectivity index (χ2v) is 7.88. The van der Waals surface area contributed by atoms with Crippen LogP contribution in [0.15, 0.2) is 29.3 Å². The monoisotopic (exact) mass is 387 g/mol. The average Bonchev–Trinajstić information content (AvgIpc) is 3.15. The van der Waals surface area contributed by atoms with Crippen LogP contribution in [0.1, 0.15) is 26.3 Å². The van der Waals surface area contributed by atoms with E-state index in [1.54, 1.807) is 0 Å². The minimum absolute atomic E-state index is 0.0160. The first kappa shape index (κ1) is 20.6. The molecule has 1 fully saturated rings. The van der Waals surface area contributed by atoms with Gasteiger partial charge in [0.25, 0.3) is 0 Å². The fourth-order valence-corrected chi connectivity index (χ4v) is 3.75. The number of nitrogens with one attached hydrogen (secondary N) is 2. The number of para-hydroxylation sites is 1. The van der Waals surface area contributed by atoms with Gasteiger partial charge in [0, 0.05) is 44.0 Å². The van der Waals surface area contributed by atoms with E-state index in [9.17, 15) is 4.79 Å². The highest BCUT2D eigenvalue weighted by molar-refractivity contribution is 5.98. The molecule has 1 aromatic carbocycles. The summed E-state index contributed by atoms with van der Waals surface area (Å²) in [6, 6.07) is 8.10. The van der Waals surface area contributed by atoms with Crippen LogP contribution in [0.25, 0.3) is 0 Å². The van der Waals surface area contributed by atoms with Gasteiger partial charge in [0.2, 0.25) is 5.91 Å². The number of hydrogen-bond donors (Lipinski definition) is 2. The Morgan fingerprint density at radius 1 is 1.18 bits per heavy atom. The first-order valence-corrected chi connectivity index (χ1v) is 10.2. The number of ether oxygens (including phenoxy) is 1. The maximum absolute atomic E-state index is 12.7. The molecule has 7 nitrogen and oxygen atoms in total. The van der Waals surface area contributed by atoms with Crippen LogP contribution < -0.4 is 15.5 Å². The van der Waals surface area contributed by atoms with Crippen molar-refractivity contribution in [1.29, 1.82) is 0 Å². The molecule has 7 heteroatoms. The molecule has 154 valence electrons. The Morgan fingerprint density at radius 2 is 1.93 bits per heavy atom. The summed E-state index contributed by atoms with van der Waals surface area (Å²) in [5, 5.41) is 6.66. The van der Waals surface area contributed by atoms with Gasteiger partial charge in [0.1, 0.15) is 6.54 Å². The molecule has 0 unspecified atom stereocenters. The van der Waals surface area contributed by atoms with Crippen LogP contribution in [0, 0.1) is 0 Å². The normalized spacial score (nSPS) is 18.1. The Morgan fingerprint density at radius 3 is 2.68 bits per heavy atom. The number of amides is 1. The fourth-order valence-electron chi connectivity index (χ4n) is 3.75. The van der Waals surface area contributed by atoms with Gasteiger partial charge in [0.15, 0.2) is 5.96 Å². The van der Waals surface area contributed by atoms with Crippen molar-refractivity contribution in [3.63, 3.8) is 0 Å².